The Labute approximate surface area is 236 Å². The van der Waals surface area contributed by atoms with Gasteiger partial charge in [0, 0.05) is 39.9 Å². The molecule has 0 radical (unpaired) electrons. The van der Waals surface area contributed by atoms with E-state index < -0.39 is 18.3 Å². The molecule has 2 aliphatic heterocycles. The molecular formula is C27H34ClNO5S3. The lowest BCUT2D eigenvalue weighted by atomic mass is 9.99. The summed E-state index contributed by atoms with van der Waals surface area (Å²) in [6.45, 7) is 5.00. The molecule has 4 rings (SSSR count). The highest BCUT2D eigenvalue weighted by Crippen LogP contribution is 2.49. The summed E-state index contributed by atoms with van der Waals surface area (Å²) in [7, 11) is 3.90. The molecule has 3 heterocycles. The second kappa shape index (κ2) is 13.7. The van der Waals surface area contributed by atoms with Crippen molar-refractivity contribution < 1.29 is 23.8 Å². The SMILES string of the molecule is CC(OCOC(=O)[C@H](c1ccccc1Cl)N1CCc2sccc2C1)OC(=O)CCCC[C@]1(C)CCSS1. The van der Waals surface area contributed by atoms with Crippen LogP contribution in [0.2, 0.25) is 5.02 Å². The maximum absolute atomic E-state index is 13.2. The molecule has 37 heavy (non-hydrogen) atoms. The van der Waals surface area contributed by atoms with Crippen molar-refractivity contribution in [1.29, 1.82) is 0 Å². The summed E-state index contributed by atoms with van der Waals surface area (Å²) >= 11 is 8.22. The predicted octanol–water partition coefficient (Wildman–Crippen LogP) is 7.01. The summed E-state index contributed by atoms with van der Waals surface area (Å²) in [6.07, 6.45) is 4.55. The van der Waals surface area contributed by atoms with Gasteiger partial charge < -0.3 is 14.2 Å². The van der Waals surface area contributed by atoms with Gasteiger partial charge in [-0.3, -0.25) is 9.69 Å². The van der Waals surface area contributed by atoms with Crippen molar-refractivity contribution in [2.45, 2.75) is 76.0 Å². The van der Waals surface area contributed by atoms with Crippen LogP contribution in [0.5, 0.6) is 0 Å². The molecule has 0 saturated carbocycles. The van der Waals surface area contributed by atoms with Crippen LogP contribution in [0.3, 0.4) is 0 Å². The second-order valence-corrected chi connectivity index (χ2v) is 14.0. The van der Waals surface area contributed by atoms with E-state index in [-0.39, 0.29) is 12.8 Å². The van der Waals surface area contributed by atoms with Crippen molar-refractivity contribution in [3.05, 3.63) is 56.7 Å². The molecule has 0 spiro atoms. The van der Waals surface area contributed by atoms with Crippen molar-refractivity contribution in [2.24, 2.45) is 0 Å². The summed E-state index contributed by atoms with van der Waals surface area (Å²) in [5.74, 6) is 0.461. The number of esters is 2. The monoisotopic (exact) mass is 583 g/mol. The van der Waals surface area contributed by atoms with E-state index in [0.717, 1.165) is 32.2 Å². The summed E-state index contributed by atoms with van der Waals surface area (Å²) in [6, 6.07) is 8.79. The van der Waals surface area contributed by atoms with Crippen molar-refractivity contribution in [3.63, 3.8) is 0 Å². The fraction of sp³-hybridized carbons (Fsp3) is 0.556. The van der Waals surface area contributed by atoms with Crippen LogP contribution in [0, 0.1) is 0 Å². The minimum atomic E-state index is -0.804. The summed E-state index contributed by atoms with van der Waals surface area (Å²) in [5.41, 5.74) is 1.93. The van der Waals surface area contributed by atoms with Crippen LogP contribution in [0.1, 0.15) is 68.0 Å². The Bertz CT molecular complexity index is 1060. The fourth-order valence-electron chi connectivity index (χ4n) is 4.62. The lowest BCUT2D eigenvalue weighted by molar-refractivity contribution is -0.202. The quantitative estimate of drug-likeness (QED) is 0.114. The maximum Gasteiger partial charge on any atom is 0.330 e. The molecule has 2 aromatic rings. The van der Waals surface area contributed by atoms with Crippen LogP contribution in [-0.2, 0) is 36.8 Å². The van der Waals surface area contributed by atoms with E-state index in [2.05, 4.69) is 23.3 Å². The van der Waals surface area contributed by atoms with Crippen molar-refractivity contribution >= 4 is 56.5 Å². The summed E-state index contributed by atoms with van der Waals surface area (Å²) < 4.78 is 16.7. The molecule has 0 aliphatic carbocycles. The van der Waals surface area contributed by atoms with Gasteiger partial charge in [-0.1, -0.05) is 57.8 Å². The molecule has 1 aromatic carbocycles. The van der Waals surface area contributed by atoms with Gasteiger partial charge in [-0.2, -0.15) is 0 Å². The highest BCUT2D eigenvalue weighted by molar-refractivity contribution is 8.77. The van der Waals surface area contributed by atoms with E-state index >= 15 is 0 Å². The van der Waals surface area contributed by atoms with Gasteiger partial charge in [-0.15, -0.1) is 11.3 Å². The lowest BCUT2D eigenvalue weighted by Gasteiger charge is -2.33. The van der Waals surface area contributed by atoms with Gasteiger partial charge in [0.25, 0.3) is 0 Å². The van der Waals surface area contributed by atoms with Gasteiger partial charge >= 0.3 is 11.9 Å². The van der Waals surface area contributed by atoms with Crippen LogP contribution in [-0.4, -0.2) is 47.0 Å². The first-order valence-corrected chi connectivity index (χ1v) is 16.2. The summed E-state index contributed by atoms with van der Waals surface area (Å²) in [4.78, 5) is 28.9. The number of carbonyl (C=O) groups excluding carboxylic acids is 2. The van der Waals surface area contributed by atoms with Crippen LogP contribution >= 0.6 is 44.5 Å². The largest absolute Gasteiger partial charge is 0.437 e. The number of halogens is 1. The Kier molecular flexibility index (Phi) is 10.7. The number of ether oxygens (including phenoxy) is 3. The number of carbonyl (C=O) groups is 2. The van der Waals surface area contributed by atoms with Gasteiger partial charge in [0.2, 0.25) is 6.29 Å². The van der Waals surface area contributed by atoms with Gasteiger partial charge in [0.15, 0.2) is 6.79 Å². The van der Waals surface area contributed by atoms with Gasteiger partial charge in [0.1, 0.15) is 6.04 Å². The standard InChI is InChI=1S/C27H34ClNO5S3/c1-19(34-24(30)9-5-6-12-27(2)13-16-36-37-27)32-18-33-26(31)25(21-7-3-4-8-22(21)28)29-14-10-23-20(17-29)11-15-35-23/h3-4,7-8,11,15,19,25H,5-6,9-10,12-14,16-18H2,1-2H3/t19?,25-,27+/m0/s1. The Balaban J connectivity index is 1.23. The topological polar surface area (TPSA) is 65.1 Å². The highest BCUT2D eigenvalue weighted by Gasteiger charge is 2.33. The van der Waals surface area contributed by atoms with E-state index in [9.17, 15) is 9.59 Å². The predicted molar refractivity (Wildman–Crippen MR) is 152 cm³/mol. The number of rotatable bonds is 12. The number of unbranched alkanes of at least 4 members (excludes halogenated alkanes) is 1. The molecule has 1 saturated heterocycles. The molecule has 0 amide bonds. The van der Waals surface area contributed by atoms with Crippen molar-refractivity contribution in [3.8, 4) is 0 Å². The minimum absolute atomic E-state index is 0.300. The average Bonchev–Trinajstić information content (AvgIpc) is 3.52. The maximum atomic E-state index is 13.2. The molecule has 2 aliphatic rings. The lowest BCUT2D eigenvalue weighted by Crippen LogP contribution is -2.39. The molecule has 3 atom stereocenters. The van der Waals surface area contributed by atoms with Gasteiger partial charge in [0.05, 0.1) is 0 Å². The zero-order chi connectivity index (χ0) is 26.3. The minimum Gasteiger partial charge on any atom is -0.437 e. The number of fused-ring (bicyclic) bond motifs is 1. The Morgan fingerprint density at radius 2 is 2.05 bits per heavy atom. The molecule has 0 bridgehead atoms. The van der Waals surface area contributed by atoms with Gasteiger partial charge in [-0.05, 0) is 68.2 Å². The van der Waals surface area contributed by atoms with Crippen LogP contribution in [0.15, 0.2) is 35.7 Å². The smallest absolute Gasteiger partial charge is 0.330 e. The molecule has 1 unspecified atom stereocenters. The number of thiophene rings is 1. The molecule has 1 fully saturated rings. The highest BCUT2D eigenvalue weighted by atomic mass is 35.5. The molecule has 202 valence electrons. The van der Waals surface area contributed by atoms with E-state index in [0.29, 0.717) is 28.3 Å². The van der Waals surface area contributed by atoms with Crippen molar-refractivity contribution in [1.82, 2.24) is 4.90 Å². The Morgan fingerprint density at radius 1 is 1.22 bits per heavy atom. The van der Waals surface area contributed by atoms with Crippen LogP contribution in [0.4, 0.5) is 0 Å². The summed E-state index contributed by atoms with van der Waals surface area (Å²) in [5, 5.41) is 2.60. The molecule has 10 heteroatoms. The molecule has 6 nitrogen and oxygen atoms in total. The zero-order valence-corrected chi connectivity index (χ0v) is 24.5. The molecule has 0 N–H and O–H groups in total. The third kappa shape index (κ3) is 8.13. The number of hydrogen-bond donors (Lipinski definition) is 0. The normalized spacial score (nSPS) is 21.3. The second-order valence-electron chi connectivity index (χ2n) is 9.63. The fourth-order valence-corrected chi connectivity index (χ4v) is 9.05. The Hall–Kier alpha value is -1.23. The first-order chi connectivity index (χ1) is 17.8. The first-order valence-electron chi connectivity index (χ1n) is 12.7. The van der Waals surface area contributed by atoms with E-state index in [4.69, 9.17) is 25.8 Å². The average molecular weight is 584 g/mol. The molecular weight excluding hydrogens is 550 g/mol. The van der Waals surface area contributed by atoms with E-state index in [1.807, 2.05) is 39.8 Å². The third-order valence-electron chi connectivity index (χ3n) is 6.74. The van der Waals surface area contributed by atoms with Crippen LogP contribution in [0.25, 0.3) is 0 Å². The number of hydrogen-bond acceptors (Lipinski definition) is 9. The number of nitrogens with zero attached hydrogens (tertiary/aromatic N) is 1. The van der Waals surface area contributed by atoms with Gasteiger partial charge in [-0.25, -0.2) is 4.79 Å². The number of benzene rings is 1. The van der Waals surface area contributed by atoms with Crippen LogP contribution < -0.4 is 0 Å². The Morgan fingerprint density at radius 3 is 2.84 bits per heavy atom. The van der Waals surface area contributed by atoms with E-state index in [1.54, 1.807) is 24.3 Å². The van der Waals surface area contributed by atoms with Crippen molar-refractivity contribution in [2.75, 3.05) is 19.1 Å². The van der Waals surface area contributed by atoms with E-state index in [1.165, 1.54) is 22.6 Å². The first kappa shape index (κ1) is 28.8. The molecule has 1 aromatic heterocycles. The zero-order valence-electron chi connectivity index (χ0n) is 21.3. The third-order valence-corrected chi connectivity index (χ3v) is 11.5.